The summed E-state index contributed by atoms with van der Waals surface area (Å²) in [6.07, 6.45) is 1.89. The Morgan fingerprint density at radius 1 is 1.22 bits per heavy atom. The minimum absolute atomic E-state index is 0.311. The molecule has 0 spiro atoms. The Morgan fingerprint density at radius 2 is 2.06 bits per heavy atom. The van der Waals surface area contributed by atoms with Gasteiger partial charge in [-0.2, -0.15) is 0 Å². The Balaban J connectivity index is 2.19. The lowest BCUT2D eigenvalue weighted by Crippen LogP contribution is -1.88. The van der Waals surface area contributed by atoms with E-state index in [1.54, 1.807) is 10.6 Å². The summed E-state index contributed by atoms with van der Waals surface area (Å²) in [6, 6.07) is 8.48. The van der Waals surface area contributed by atoms with Gasteiger partial charge in [0.05, 0.1) is 0 Å². The molecule has 0 atom stereocenters. The van der Waals surface area contributed by atoms with Crippen LogP contribution in [0.1, 0.15) is 5.56 Å². The van der Waals surface area contributed by atoms with E-state index >= 15 is 0 Å². The van der Waals surface area contributed by atoms with Gasteiger partial charge in [0.15, 0.2) is 11.5 Å². The van der Waals surface area contributed by atoms with Crippen LogP contribution in [-0.2, 0) is 0 Å². The second-order valence-corrected chi connectivity index (χ2v) is 5.02. The van der Waals surface area contributed by atoms with Crippen LogP contribution in [0.15, 0.2) is 41.0 Å². The van der Waals surface area contributed by atoms with E-state index in [4.69, 9.17) is 0 Å². The van der Waals surface area contributed by atoms with Crippen LogP contribution in [0.3, 0.4) is 0 Å². The van der Waals surface area contributed by atoms with E-state index in [-0.39, 0.29) is 5.82 Å². The second kappa shape index (κ2) is 4.17. The monoisotopic (exact) mass is 305 g/mol. The number of fused-ring (bicyclic) bond motifs is 1. The molecule has 0 aliphatic heterocycles. The van der Waals surface area contributed by atoms with Crippen LogP contribution in [0.2, 0.25) is 0 Å². The Hall–Kier alpha value is -1.75. The van der Waals surface area contributed by atoms with Crippen molar-refractivity contribution in [1.82, 2.24) is 14.6 Å². The summed E-state index contributed by atoms with van der Waals surface area (Å²) >= 11 is 3.26. The minimum Gasteiger partial charge on any atom is -0.220 e. The molecule has 0 N–H and O–H groups in total. The molecule has 3 nitrogen and oxygen atoms in total. The van der Waals surface area contributed by atoms with Gasteiger partial charge in [0.2, 0.25) is 0 Å². The third-order valence-corrected chi connectivity index (χ3v) is 3.06. The first-order valence-electron chi connectivity index (χ1n) is 5.41. The van der Waals surface area contributed by atoms with Crippen LogP contribution in [0, 0.1) is 12.7 Å². The zero-order chi connectivity index (χ0) is 12.7. The fraction of sp³-hybridized carbons (Fsp3) is 0.0769. The Kier molecular flexibility index (Phi) is 2.63. The molecule has 0 unspecified atom stereocenters. The standard InChI is InChI=1S/C13H9BrFN3/c1-8-2-3-12-16-13(17-18(12)7-8)9-4-10(14)6-11(15)5-9/h2-7H,1H3. The van der Waals surface area contributed by atoms with Crippen molar-refractivity contribution in [3.05, 3.63) is 52.4 Å². The molecule has 2 heterocycles. The maximum absolute atomic E-state index is 13.3. The maximum Gasteiger partial charge on any atom is 0.182 e. The van der Waals surface area contributed by atoms with Gasteiger partial charge in [-0.15, -0.1) is 5.10 Å². The SMILES string of the molecule is Cc1ccc2nc(-c3cc(F)cc(Br)c3)nn2c1. The highest BCUT2D eigenvalue weighted by molar-refractivity contribution is 9.10. The smallest absolute Gasteiger partial charge is 0.182 e. The van der Waals surface area contributed by atoms with E-state index in [0.717, 1.165) is 11.2 Å². The fourth-order valence-corrected chi connectivity index (χ4v) is 2.26. The summed E-state index contributed by atoms with van der Waals surface area (Å²) in [6.45, 7) is 1.99. The van der Waals surface area contributed by atoms with Crippen molar-refractivity contribution >= 4 is 21.6 Å². The van der Waals surface area contributed by atoms with Gasteiger partial charge < -0.3 is 0 Å². The molecular formula is C13H9BrFN3. The summed E-state index contributed by atoms with van der Waals surface area (Å²) in [4.78, 5) is 4.37. The van der Waals surface area contributed by atoms with Crippen molar-refractivity contribution in [2.45, 2.75) is 6.92 Å². The molecule has 18 heavy (non-hydrogen) atoms. The predicted molar refractivity (Wildman–Crippen MR) is 70.8 cm³/mol. The molecule has 0 saturated heterocycles. The zero-order valence-corrected chi connectivity index (χ0v) is 11.1. The largest absolute Gasteiger partial charge is 0.220 e. The number of rotatable bonds is 1. The van der Waals surface area contributed by atoms with Gasteiger partial charge in [0, 0.05) is 16.2 Å². The number of nitrogens with zero attached hydrogens (tertiary/aromatic N) is 3. The van der Waals surface area contributed by atoms with Crippen LogP contribution < -0.4 is 0 Å². The van der Waals surface area contributed by atoms with Crippen LogP contribution in [0.5, 0.6) is 0 Å². The second-order valence-electron chi connectivity index (χ2n) is 4.10. The Labute approximate surface area is 111 Å². The lowest BCUT2D eigenvalue weighted by atomic mass is 10.2. The number of pyridine rings is 1. The van der Waals surface area contributed by atoms with Crippen LogP contribution in [0.4, 0.5) is 4.39 Å². The first-order valence-corrected chi connectivity index (χ1v) is 6.20. The molecule has 0 bridgehead atoms. The van der Waals surface area contributed by atoms with E-state index in [2.05, 4.69) is 26.0 Å². The van der Waals surface area contributed by atoms with Crippen molar-refractivity contribution in [1.29, 1.82) is 0 Å². The van der Waals surface area contributed by atoms with E-state index in [0.29, 0.717) is 15.9 Å². The average molecular weight is 306 g/mol. The number of hydrogen-bond donors (Lipinski definition) is 0. The highest BCUT2D eigenvalue weighted by Gasteiger charge is 2.08. The molecule has 1 aromatic carbocycles. The minimum atomic E-state index is -0.311. The molecule has 0 saturated carbocycles. The first-order chi connectivity index (χ1) is 8.61. The number of halogens is 2. The molecule has 3 aromatic rings. The molecule has 0 fully saturated rings. The van der Waals surface area contributed by atoms with Gasteiger partial charge in [-0.05, 0) is 36.8 Å². The zero-order valence-electron chi connectivity index (χ0n) is 9.56. The third-order valence-electron chi connectivity index (χ3n) is 2.60. The van der Waals surface area contributed by atoms with Crippen LogP contribution in [-0.4, -0.2) is 14.6 Å². The van der Waals surface area contributed by atoms with Gasteiger partial charge in [0.25, 0.3) is 0 Å². The highest BCUT2D eigenvalue weighted by atomic mass is 79.9. The number of benzene rings is 1. The molecule has 3 rings (SSSR count). The Morgan fingerprint density at radius 3 is 2.83 bits per heavy atom. The van der Waals surface area contributed by atoms with E-state index in [1.165, 1.54) is 12.1 Å². The summed E-state index contributed by atoms with van der Waals surface area (Å²) in [5.41, 5.74) is 2.50. The van der Waals surface area contributed by atoms with Crippen molar-refractivity contribution < 1.29 is 4.39 Å². The number of aryl methyl sites for hydroxylation is 1. The Bertz CT molecular complexity index is 716. The summed E-state index contributed by atoms with van der Waals surface area (Å²) in [7, 11) is 0. The summed E-state index contributed by atoms with van der Waals surface area (Å²) < 4.78 is 15.7. The fourth-order valence-electron chi connectivity index (χ4n) is 1.79. The lowest BCUT2D eigenvalue weighted by molar-refractivity contribution is 0.627. The molecule has 0 aliphatic rings. The van der Waals surface area contributed by atoms with Crippen molar-refractivity contribution in [3.8, 4) is 11.4 Å². The van der Waals surface area contributed by atoms with Crippen molar-refractivity contribution in [2.24, 2.45) is 0 Å². The van der Waals surface area contributed by atoms with Crippen molar-refractivity contribution in [2.75, 3.05) is 0 Å². The van der Waals surface area contributed by atoms with Gasteiger partial charge in [-0.1, -0.05) is 22.0 Å². The van der Waals surface area contributed by atoms with Gasteiger partial charge in [-0.3, -0.25) is 0 Å². The lowest BCUT2D eigenvalue weighted by Gasteiger charge is -1.97. The maximum atomic E-state index is 13.3. The van der Waals surface area contributed by atoms with Crippen LogP contribution >= 0.6 is 15.9 Å². The van der Waals surface area contributed by atoms with Crippen molar-refractivity contribution in [3.63, 3.8) is 0 Å². The topological polar surface area (TPSA) is 30.2 Å². The van der Waals surface area contributed by atoms with E-state index < -0.39 is 0 Å². The van der Waals surface area contributed by atoms with E-state index in [9.17, 15) is 4.39 Å². The molecule has 90 valence electrons. The quantitative estimate of drug-likeness (QED) is 0.687. The third kappa shape index (κ3) is 2.01. The number of hydrogen-bond acceptors (Lipinski definition) is 2. The van der Waals surface area contributed by atoms with E-state index in [1.807, 2.05) is 25.3 Å². The van der Waals surface area contributed by atoms with Gasteiger partial charge >= 0.3 is 0 Å². The predicted octanol–water partition coefficient (Wildman–Crippen LogP) is 3.61. The number of aromatic nitrogens is 3. The summed E-state index contributed by atoms with van der Waals surface area (Å²) in [5.74, 6) is 0.204. The first kappa shape index (κ1) is 11.3. The molecular weight excluding hydrogens is 297 g/mol. The normalized spacial score (nSPS) is 11.1. The molecule has 0 radical (unpaired) electrons. The van der Waals surface area contributed by atoms with Crippen LogP contribution in [0.25, 0.3) is 17.0 Å². The van der Waals surface area contributed by atoms with Gasteiger partial charge in [0.1, 0.15) is 5.82 Å². The summed E-state index contributed by atoms with van der Waals surface area (Å²) in [5, 5.41) is 4.34. The molecule has 0 aliphatic carbocycles. The van der Waals surface area contributed by atoms with Gasteiger partial charge in [-0.25, -0.2) is 13.9 Å². The molecule has 5 heteroatoms. The molecule has 2 aromatic heterocycles. The average Bonchev–Trinajstić information content (AvgIpc) is 2.70. The highest BCUT2D eigenvalue weighted by Crippen LogP contribution is 2.22. The molecule has 0 amide bonds.